The van der Waals surface area contributed by atoms with E-state index in [9.17, 15) is 8.78 Å². The number of halogens is 2. The van der Waals surface area contributed by atoms with Crippen LogP contribution < -0.4 is 0 Å². The number of aromatic nitrogens is 5. The van der Waals surface area contributed by atoms with Crippen LogP contribution in [-0.2, 0) is 0 Å². The first kappa shape index (κ1) is 17.8. The van der Waals surface area contributed by atoms with Gasteiger partial charge in [-0.25, -0.2) is 13.8 Å². The summed E-state index contributed by atoms with van der Waals surface area (Å²) in [5.41, 5.74) is 0.880. The van der Waals surface area contributed by atoms with E-state index in [4.69, 9.17) is 0 Å². The van der Waals surface area contributed by atoms with Crippen LogP contribution in [0.1, 0.15) is 25.7 Å². The van der Waals surface area contributed by atoms with Gasteiger partial charge in [0.15, 0.2) is 5.82 Å². The number of nitrogens with zero attached hydrogens (tertiary/aromatic N) is 4. The summed E-state index contributed by atoms with van der Waals surface area (Å²) in [6.07, 6.45) is 6.50. The molecular weight excluding hydrogens is 400 g/mol. The number of hydrogen-bond acceptors (Lipinski definition) is 5. The summed E-state index contributed by atoms with van der Waals surface area (Å²) >= 11 is 3.27. The Kier molecular flexibility index (Phi) is 4.43. The molecule has 4 aromatic heterocycles. The fourth-order valence-electron chi connectivity index (χ4n) is 3.48. The molecule has 144 valence electrons. The van der Waals surface area contributed by atoms with Crippen LogP contribution in [0.5, 0.6) is 0 Å². The largest absolute Gasteiger partial charge is 0.327 e. The second-order valence-corrected chi connectivity index (χ2v) is 9.35. The first-order valence-corrected chi connectivity index (χ1v) is 10.8. The Morgan fingerprint density at radius 1 is 1.21 bits per heavy atom. The molecule has 1 saturated carbocycles. The van der Waals surface area contributed by atoms with Gasteiger partial charge in [-0.1, -0.05) is 0 Å². The smallest absolute Gasteiger partial charge is 0.248 e. The maximum absolute atomic E-state index is 13.3. The van der Waals surface area contributed by atoms with Crippen LogP contribution in [0.4, 0.5) is 8.78 Å². The quantitative estimate of drug-likeness (QED) is 0.473. The van der Waals surface area contributed by atoms with Crippen LogP contribution in [0.3, 0.4) is 0 Å². The van der Waals surface area contributed by atoms with Crippen molar-refractivity contribution in [2.45, 2.75) is 41.8 Å². The van der Waals surface area contributed by atoms with Crippen molar-refractivity contribution in [3.8, 4) is 15.7 Å². The zero-order chi connectivity index (χ0) is 19.1. The van der Waals surface area contributed by atoms with E-state index in [2.05, 4.69) is 30.8 Å². The van der Waals surface area contributed by atoms with Crippen LogP contribution in [0, 0.1) is 0 Å². The summed E-state index contributed by atoms with van der Waals surface area (Å²) in [6, 6.07) is 8.18. The van der Waals surface area contributed by atoms with Crippen LogP contribution in [0.2, 0.25) is 0 Å². The molecule has 4 aromatic rings. The molecule has 0 spiro atoms. The highest BCUT2D eigenvalue weighted by Crippen LogP contribution is 2.40. The normalized spacial score (nSPS) is 17.4. The monoisotopic (exact) mass is 417 g/mol. The molecule has 1 aliphatic rings. The Morgan fingerprint density at radius 2 is 2.07 bits per heavy atom. The number of alkyl halides is 2. The number of hydrogen-bond donors (Lipinski definition) is 1. The number of thiophene rings is 1. The number of pyridine rings is 1. The number of H-pyrrole nitrogens is 1. The van der Waals surface area contributed by atoms with E-state index in [0.717, 1.165) is 31.6 Å². The minimum absolute atomic E-state index is 0.0113. The standard InChI is InChI=1S/C19H17F2N5S2/c20-19(21)6-3-13(4-7-19)27-14-9-12-5-8-26(18(12)22-10-14)16-2-1-15(28-16)17-23-11-24-25-17/h1-2,5,8-11,13H,3-4,6-7H2,(H,23,24,25). The molecule has 4 heterocycles. The summed E-state index contributed by atoms with van der Waals surface area (Å²) in [4.78, 5) is 9.71. The Morgan fingerprint density at radius 3 is 2.86 bits per heavy atom. The highest BCUT2D eigenvalue weighted by atomic mass is 32.2. The van der Waals surface area contributed by atoms with Crippen molar-refractivity contribution in [2.24, 2.45) is 0 Å². The topological polar surface area (TPSA) is 59.4 Å². The van der Waals surface area contributed by atoms with Crippen molar-refractivity contribution in [3.63, 3.8) is 0 Å². The van der Waals surface area contributed by atoms with Crippen molar-refractivity contribution in [2.75, 3.05) is 0 Å². The number of rotatable bonds is 4. The first-order chi connectivity index (χ1) is 13.6. The van der Waals surface area contributed by atoms with Crippen molar-refractivity contribution in [1.29, 1.82) is 0 Å². The highest BCUT2D eigenvalue weighted by Gasteiger charge is 2.35. The lowest BCUT2D eigenvalue weighted by Gasteiger charge is -2.27. The van der Waals surface area contributed by atoms with Crippen LogP contribution in [-0.4, -0.2) is 35.9 Å². The van der Waals surface area contributed by atoms with Crippen LogP contribution >= 0.6 is 23.1 Å². The van der Waals surface area contributed by atoms with Gasteiger partial charge in [-0.05, 0) is 37.1 Å². The lowest BCUT2D eigenvalue weighted by atomic mass is 9.96. The summed E-state index contributed by atoms with van der Waals surface area (Å²) in [7, 11) is 0. The predicted molar refractivity (Wildman–Crippen MR) is 107 cm³/mol. The molecule has 1 aliphatic carbocycles. The third-order valence-corrected chi connectivity index (χ3v) is 7.34. The average Bonchev–Trinajstić information content (AvgIpc) is 3.42. The van der Waals surface area contributed by atoms with E-state index in [0.29, 0.717) is 12.8 Å². The molecular formula is C19H17F2N5S2. The highest BCUT2D eigenvalue weighted by molar-refractivity contribution is 8.00. The van der Waals surface area contributed by atoms with Gasteiger partial charge < -0.3 is 4.98 Å². The minimum atomic E-state index is -2.48. The van der Waals surface area contributed by atoms with Gasteiger partial charge in [-0.3, -0.25) is 4.57 Å². The zero-order valence-corrected chi connectivity index (χ0v) is 16.4. The number of thioether (sulfide) groups is 1. The predicted octanol–water partition coefficient (Wildman–Crippen LogP) is 5.54. The van der Waals surface area contributed by atoms with E-state index in [-0.39, 0.29) is 18.1 Å². The Balaban J connectivity index is 1.37. The fourth-order valence-corrected chi connectivity index (χ4v) is 5.58. The van der Waals surface area contributed by atoms with Gasteiger partial charge in [-0.15, -0.1) is 33.3 Å². The molecule has 1 N–H and O–H groups in total. The van der Waals surface area contributed by atoms with Gasteiger partial charge in [0.05, 0.1) is 4.88 Å². The molecule has 5 rings (SSSR count). The van der Waals surface area contributed by atoms with E-state index in [1.54, 1.807) is 29.4 Å². The van der Waals surface area contributed by atoms with E-state index in [1.165, 1.54) is 0 Å². The summed E-state index contributed by atoms with van der Waals surface area (Å²) in [5, 5.41) is 10.2. The van der Waals surface area contributed by atoms with Gasteiger partial charge in [0.25, 0.3) is 0 Å². The first-order valence-electron chi connectivity index (χ1n) is 9.06. The van der Waals surface area contributed by atoms with E-state index < -0.39 is 5.92 Å². The van der Waals surface area contributed by atoms with E-state index in [1.807, 2.05) is 30.6 Å². The van der Waals surface area contributed by atoms with Gasteiger partial charge in [-0.2, -0.15) is 0 Å². The molecule has 0 saturated heterocycles. The van der Waals surface area contributed by atoms with Crippen LogP contribution in [0.25, 0.3) is 26.7 Å². The minimum Gasteiger partial charge on any atom is -0.327 e. The maximum atomic E-state index is 13.3. The Bertz CT molecular complexity index is 1090. The molecule has 0 aliphatic heterocycles. The number of fused-ring (bicyclic) bond motifs is 1. The van der Waals surface area contributed by atoms with Crippen molar-refractivity contribution in [1.82, 2.24) is 24.7 Å². The maximum Gasteiger partial charge on any atom is 0.248 e. The Labute approximate surface area is 168 Å². The van der Waals surface area contributed by atoms with E-state index >= 15 is 0 Å². The molecule has 5 nitrogen and oxygen atoms in total. The second kappa shape index (κ2) is 6.97. The SMILES string of the molecule is FC1(F)CCC(Sc2cnc3c(ccn3-c3ccc(-c4nnc[nH]4)s3)c2)CC1. The molecule has 0 bridgehead atoms. The van der Waals surface area contributed by atoms with Crippen molar-refractivity contribution >= 4 is 34.1 Å². The summed E-state index contributed by atoms with van der Waals surface area (Å²) in [5.74, 6) is -1.74. The zero-order valence-electron chi connectivity index (χ0n) is 14.8. The molecule has 0 amide bonds. The molecule has 0 aromatic carbocycles. The number of nitrogens with one attached hydrogen (secondary N) is 1. The van der Waals surface area contributed by atoms with Gasteiger partial charge >= 0.3 is 0 Å². The van der Waals surface area contributed by atoms with Gasteiger partial charge in [0.2, 0.25) is 5.92 Å². The molecule has 0 unspecified atom stereocenters. The molecule has 28 heavy (non-hydrogen) atoms. The van der Waals surface area contributed by atoms with Crippen LogP contribution in [0.15, 0.2) is 47.9 Å². The lowest BCUT2D eigenvalue weighted by Crippen LogP contribution is -2.25. The van der Waals surface area contributed by atoms with Gasteiger partial charge in [0, 0.05) is 40.8 Å². The lowest BCUT2D eigenvalue weighted by molar-refractivity contribution is -0.0323. The third-order valence-electron chi connectivity index (χ3n) is 4.95. The molecule has 0 atom stereocenters. The number of aromatic amines is 1. The van der Waals surface area contributed by atoms with Crippen molar-refractivity contribution in [3.05, 3.63) is 43.0 Å². The molecule has 1 fully saturated rings. The van der Waals surface area contributed by atoms with Crippen molar-refractivity contribution < 1.29 is 8.78 Å². The molecule has 0 radical (unpaired) electrons. The third kappa shape index (κ3) is 3.44. The van der Waals surface area contributed by atoms with Gasteiger partial charge in [0.1, 0.15) is 17.0 Å². The fraction of sp³-hybridized carbons (Fsp3) is 0.316. The average molecular weight is 418 g/mol. The summed E-state index contributed by atoms with van der Waals surface area (Å²) in [6.45, 7) is 0. The second-order valence-electron chi connectivity index (χ2n) is 6.92. The summed E-state index contributed by atoms with van der Waals surface area (Å²) < 4.78 is 28.7. The molecule has 9 heteroatoms. The Hall–Kier alpha value is -2.26.